The maximum atomic E-state index is 13.5. The fourth-order valence-corrected chi connectivity index (χ4v) is 2.55. The molecule has 1 N–H and O–H groups in total. The second-order valence-corrected chi connectivity index (χ2v) is 7.52. The van der Waals surface area contributed by atoms with E-state index >= 15 is 0 Å². The Morgan fingerprint density at radius 1 is 1.00 bits per heavy atom. The molecule has 0 amide bonds. The lowest BCUT2D eigenvalue weighted by atomic mass is 10.1. The minimum Gasteiger partial charge on any atom is -0.465 e. The molecule has 1 aromatic carbocycles. The molecule has 9 nitrogen and oxygen atoms in total. The van der Waals surface area contributed by atoms with Gasteiger partial charge in [-0.2, -0.15) is 17.2 Å². The van der Waals surface area contributed by atoms with Crippen LogP contribution >= 0.6 is 0 Å². The van der Waals surface area contributed by atoms with Crippen LogP contribution in [0.2, 0.25) is 0 Å². The van der Waals surface area contributed by atoms with Crippen LogP contribution in [-0.4, -0.2) is 50.0 Å². The quantitative estimate of drug-likeness (QED) is 0.287. The zero-order chi connectivity index (χ0) is 23.1. The number of benzene rings is 1. The van der Waals surface area contributed by atoms with Gasteiger partial charge in [0.05, 0.1) is 0 Å². The number of esters is 1. The van der Waals surface area contributed by atoms with Crippen LogP contribution in [0.4, 0.5) is 8.78 Å². The number of carbonyl (C=O) groups excluding carboxylic acids is 1. The Labute approximate surface area is 173 Å². The van der Waals surface area contributed by atoms with E-state index in [-0.39, 0.29) is 17.1 Å². The minimum atomic E-state index is -5.98. The molecule has 3 unspecified atom stereocenters. The predicted molar refractivity (Wildman–Crippen MR) is 101 cm³/mol. The third-order valence-corrected chi connectivity index (χ3v) is 4.44. The summed E-state index contributed by atoms with van der Waals surface area (Å²) in [5.74, 6) is -1.98. The summed E-state index contributed by atoms with van der Waals surface area (Å²) in [4.78, 5) is 11.6. The van der Waals surface area contributed by atoms with Crippen molar-refractivity contribution in [3.8, 4) is 11.5 Å². The number of carbonyl (C=O) groups is 1. The SMILES string of the molecule is CCOC(C)Oc1cc(OC(C)OCC)cc(C(C)OC(=O)C(F)(F)S(=O)(=O)O)c1. The zero-order valence-electron chi connectivity index (χ0n) is 17.3. The maximum Gasteiger partial charge on any atom is 0.465 e. The molecule has 0 aromatic heterocycles. The molecule has 172 valence electrons. The summed E-state index contributed by atoms with van der Waals surface area (Å²) in [5, 5.41) is -5.11. The number of hydrogen-bond acceptors (Lipinski definition) is 8. The van der Waals surface area contributed by atoms with Gasteiger partial charge in [0.2, 0.25) is 0 Å². The lowest BCUT2D eigenvalue weighted by Crippen LogP contribution is -2.39. The lowest BCUT2D eigenvalue weighted by Gasteiger charge is -2.21. The van der Waals surface area contributed by atoms with Crippen molar-refractivity contribution in [2.75, 3.05) is 13.2 Å². The monoisotopic (exact) mass is 456 g/mol. The molecule has 0 aliphatic heterocycles. The summed E-state index contributed by atoms with van der Waals surface area (Å²) in [7, 11) is -5.98. The summed E-state index contributed by atoms with van der Waals surface area (Å²) in [6.45, 7) is 8.80. The van der Waals surface area contributed by atoms with Crippen LogP contribution in [0.3, 0.4) is 0 Å². The van der Waals surface area contributed by atoms with E-state index in [0.29, 0.717) is 13.2 Å². The molecule has 0 spiro atoms. The summed E-state index contributed by atoms with van der Waals surface area (Å²) in [6, 6.07) is 4.27. The highest BCUT2D eigenvalue weighted by Gasteiger charge is 2.54. The van der Waals surface area contributed by atoms with E-state index in [0.717, 1.165) is 0 Å². The average Bonchev–Trinajstić information content (AvgIpc) is 2.60. The van der Waals surface area contributed by atoms with Crippen molar-refractivity contribution in [1.29, 1.82) is 0 Å². The molecule has 12 heteroatoms. The van der Waals surface area contributed by atoms with Crippen molar-refractivity contribution in [2.45, 2.75) is 58.6 Å². The predicted octanol–water partition coefficient (Wildman–Crippen LogP) is 3.29. The van der Waals surface area contributed by atoms with E-state index in [1.807, 2.05) is 0 Å². The van der Waals surface area contributed by atoms with Gasteiger partial charge in [-0.15, -0.1) is 0 Å². The summed E-state index contributed by atoms with van der Waals surface area (Å²) in [5.41, 5.74) is 0.161. The van der Waals surface area contributed by atoms with Gasteiger partial charge in [-0.05, 0) is 52.3 Å². The first-order valence-corrected chi connectivity index (χ1v) is 10.5. The van der Waals surface area contributed by atoms with E-state index in [4.69, 9.17) is 23.5 Å². The Kier molecular flexibility index (Phi) is 9.40. The Bertz CT molecular complexity index is 782. The molecule has 0 saturated carbocycles. The highest BCUT2D eigenvalue weighted by atomic mass is 32.2. The molecule has 30 heavy (non-hydrogen) atoms. The number of rotatable bonds is 12. The Balaban J connectivity index is 3.16. The van der Waals surface area contributed by atoms with Crippen molar-refractivity contribution < 1.29 is 50.2 Å². The average molecular weight is 456 g/mol. The molecular formula is C18H26F2O9S. The van der Waals surface area contributed by atoms with E-state index in [1.165, 1.54) is 25.1 Å². The number of alkyl halides is 2. The molecule has 1 aromatic rings. The van der Waals surface area contributed by atoms with Crippen LogP contribution in [0.1, 0.15) is 46.3 Å². The fraction of sp³-hybridized carbons (Fsp3) is 0.611. The van der Waals surface area contributed by atoms with E-state index < -0.39 is 40.0 Å². The molecule has 1 rings (SSSR count). The summed E-state index contributed by atoms with van der Waals surface area (Å²) >= 11 is 0. The highest BCUT2D eigenvalue weighted by Crippen LogP contribution is 2.32. The molecule has 0 radical (unpaired) electrons. The molecule has 0 fully saturated rings. The van der Waals surface area contributed by atoms with Gasteiger partial charge in [0, 0.05) is 19.3 Å². The van der Waals surface area contributed by atoms with Crippen LogP contribution in [-0.2, 0) is 29.1 Å². The van der Waals surface area contributed by atoms with Gasteiger partial charge >= 0.3 is 21.3 Å². The van der Waals surface area contributed by atoms with Gasteiger partial charge in [0.15, 0.2) is 12.6 Å². The Morgan fingerprint density at radius 3 is 1.80 bits per heavy atom. The van der Waals surface area contributed by atoms with Crippen LogP contribution < -0.4 is 9.47 Å². The first kappa shape index (κ1) is 26.0. The van der Waals surface area contributed by atoms with Crippen molar-refractivity contribution in [3.05, 3.63) is 23.8 Å². The largest absolute Gasteiger partial charge is 0.465 e. The van der Waals surface area contributed by atoms with Crippen LogP contribution in [0.5, 0.6) is 11.5 Å². The molecule has 0 saturated heterocycles. The van der Waals surface area contributed by atoms with E-state index in [1.54, 1.807) is 27.7 Å². The maximum absolute atomic E-state index is 13.5. The highest BCUT2D eigenvalue weighted by molar-refractivity contribution is 7.87. The first-order chi connectivity index (χ1) is 13.8. The van der Waals surface area contributed by atoms with Gasteiger partial charge in [-0.1, -0.05) is 0 Å². The third-order valence-electron chi connectivity index (χ3n) is 3.62. The Morgan fingerprint density at radius 2 is 1.43 bits per heavy atom. The van der Waals surface area contributed by atoms with Crippen molar-refractivity contribution in [2.24, 2.45) is 0 Å². The second kappa shape index (κ2) is 10.8. The van der Waals surface area contributed by atoms with E-state index in [9.17, 15) is 22.0 Å². The van der Waals surface area contributed by atoms with Crippen LogP contribution in [0.15, 0.2) is 18.2 Å². The summed E-state index contributed by atoms with van der Waals surface area (Å²) in [6.07, 6.45) is -2.63. The number of hydrogen-bond donors (Lipinski definition) is 1. The normalized spacial score (nSPS) is 15.2. The molecule has 0 aliphatic rings. The molecule has 0 aliphatic carbocycles. The number of ether oxygens (including phenoxy) is 5. The number of halogens is 2. The third kappa shape index (κ3) is 7.35. The van der Waals surface area contributed by atoms with Gasteiger partial charge in [-0.3, -0.25) is 4.55 Å². The van der Waals surface area contributed by atoms with Crippen LogP contribution in [0, 0.1) is 0 Å². The van der Waals surface area contributed by atoms with Gasteiger partial charge in [0.25, 0.3) is 0 Å². The van der Waals surface area contributed by atoms with Crippen molar-refractivity contribution in [3.63, 3.8) is 0 Å². The molecular weight excluding hydrogens is 430 g/mol. The molecule has 0 bridgehead atoms. The fourth-order valence-electron chi connectivity index (χ4n) is 2.29. The van der Waals surface area contributed by atoms with Crippen molar-refractivity contribution in [1.82, 2.24) is 0 Å². The zero-order valence-corrected chi connectivity index (χ0v) is 18.1. The van der Waals surface area contributed by atoms with Gasteiger partial charge in [-0.25, -0.2) is 4.79 Å². The summed E-state index contributed by atoms with van der Waals surface area (Å²) < 4.78 is 83.2. The molecule has 0 heterocycles. The minimum absolute atomic E-state index is 0.161. The van der Waals surface area contributed by atoms with Crippen LogP contribution in [0.25, 0.3) is 0 Å². The standard InChI is InChI=1S/C18H26F2O9S/c1-6-25-12(4)28-15-8-14(9-16(10-15)29-13(5)26-7-2)11(3)27-17(21)18(19,20)30(22,23)24/h8-13H,6-7H2,1-5H3,(H,22,23,24). The van der Waals surface area contributed by atoms with Crippen molar-refractivity contribution >= 4 is 16.1 Å². The molecule has 3 atom stereocenters. The van der Waals surface area contributed by atoms with E-state index in [2.05, 4.69) is 4.74 Å². The van der Waals surface area contributed by atoms with Gasteiger partial charge in [0.1, 0.15) is 17.6 Å². The second-order valence-electron chi connectivity index (χ2n) is 6.06. The Hall–Kier alpha value is -2.02. The lowest BCUT2D eigenvalue weighted by molar-refractivity contribution is -0.166. The van der Waals surface area contributed by atoms with Gasteiger partial charge < -0.3 is 23.7 Å². The first-order valence-electron chi connectivity index (χ1n) is 9.09. The topological polar surface area (TPSA) is 118 Å². The smallest absolute Gasteiger partial charge is 0.465 e.